The summed E-state index contributed by atoms with van der Waals surface area (Å²) in [4.78, 5) is 32.7. The number of nitrogens with one attached hydrogen (secondary N) is 1. The van der Waals surface area contributed by atoms with Crippen LogP contribution in [0.2, 0.25) is 0 Å². The predicted molar refractivity (Wildman–Crippen MR) is 94.8 cm³/mol. The van der Waals surface area contributed by atoms with E-state index in [1.54, 1.807) is 45.8 Å². The molecule has 1 aliphatic rings. The first-order valence-corrected chi connectivity index (χ1v) is 9.48. The second kappa shape index (κ2) is 7.72. The lowest BCUT2D eigenvalue weighted by Gasteiger charge is -2.34. The van der Waals surface area contributed by atoms with Gasteiger partial charge in [0.2, 0.25) is 0 Å². The number of thiazole rings is 1. The van der Waals surface area contributed by atoms with Crippen molar-refractivity contribution < 1.29 is 18.4 Å². The molecule has 2 amide bonds. The molecule has 1 atom stereocenters. The van der Waals surface area contributed by atoms with Crippen LogP contribution in [-0.2, 0) is 11.3 Å². The summed E-state index contributed by atoms with van der Waals surface area (Å²) in [7, 11) is 0. The van der Waals surface area contributed by atoms with Gasteiger partial charge in [-0.05, 0) is 24.3 Å². The van der Waals surface area contributed by atoms with E-state index >= 15 is 0 Å². The standard InChI is InChI=1S/C15H16N4O4S2/c20-14(11-1-3-12(4-2-11)17-25(22)23)18-5-7-19(8-6-18)15(21)13-9-16-10-24-13/h1-4,9-10,17H,5-8H2,(H,22,23). The van der Waals surface area contributed by atoms with Crippen molar-refractivity contribution in [2.24, 2.45) is 0 Å². The number of aromatic nitrogens is 1. The van der Waals surface area contributed by atoms with Crippen LogP contribution in [0.5, 0.6) is 0 Å². The summed E-state index contributed by atoms with van der Waals surface area (Å²) in [6.45, 7) is 1.88. The first kappa shape index (κ1) is 17.5. The molecule has 1 saturated heterocycles. The molecule has 2 aromatic rings. The quantitative estimate of drug-likeness (QED) is 0.778. The highest BCUT2D eigenvalue weighted by Gasteiger charge is 2.26. The third-order valence-electron chi connectivity index (χ3n) is 3.83. The van der Waals surface area contributed by atoms with Crippen LogP contribution >= 0.6 is 11.3 Å². The number of nitrogens with zero attached hydrogens (tertiary/aromatic N) is 3. The van der Waals surface area contributed by atoms with Crippen LogP contribution in [0.4, 0.5) is 5.69 Å². The van der Waals surface area contributed by atoms with Gasteiger partial charge in [-0.15, -0.1) is 11.3 Å². The Morgan fingerprint density at radius 1 is 1.08 bits per heavy atom. The lowest BCUT2D eigenvalue weighted by Crippen LogP contribution is -2.50. The molecule has 25 heavy (non-hydrogen) atoms. The van der Waals surface area contributed by atoms with Crippen molar-refractivity contribution in [2.45, 2.75) is 0 Å². The molecule has 8 nitrogen and oxygen atoms in total. The molecule has 0 saturated carbocycles. The smallest absolute Gasteiger partial charge is 0.265 e. The van der Waals surface area contributed by atoms with Crippen LogP contribution in [0.15, 0.2) is 36.0 Å². The van der Waals surface area contributed by atoms with Crippen LogP contribution in [-0.4, -0.2) is 61.5 Å². The molecule has 1 fully saturated rings. The summed E-state index contributed by atoms with van der Waals surface area (Å²) in [6.07, 6.45) is 1.56. The maximum atomic E-state index is 12.5. The summed E-state index contributed by atoms with van der Waals surface area (Å²) in [5.41, 5.74) is 2.58. The van der Waals surface area contributed by atoms with Crippen molar-refractivity contribution in [1.82, 2.24) is 14.8 Å². The number of anilines is 1. The summed E-state index contributed by atoms with van der Waals surface area (Å²) in [5, 5.41) is 0. The average molecular weight is 380 g/mol. The summed E-state index contributed by atoms with van der Waals surface area (Å²) >= 11 is -0.840. The highest BCUT2D eigenvalue weighted by molar-refractivity contribution is 7.80. The van der Waals surface area contributed by atoms with Crippen molar-refractivity contribution in [3.63, 3.8) is 0 Å². The van der Waals surface area contributed by atoms with Crippen LogP contribution in [0, 0.1) is 0 Å². The first-order chi connectivity index (χ1) is 12.0. The van der Waals surface area contributed by atoms with Crippen molar-refractivity contribution in [3.8, 4) is 0 Å². The molecule has 0 radical (unpaired) electrons. The largest absolute Gasteiger partial charge is 0.335 e. The number of carbonyl (C=O) groups is 2. The normalized spacial score (nSPS) is 15.7. The Bertz CT molecular complexity index is 771. The lowest BCUT2D eigenvalue weighted by atomic mass is 10.1. The number of benzene rings is 1. The van der Waals surface area contributed by atoms with Crippen LogP contribution in [0.25, 0.3) is 0 Å². The highest BCUT2D eigenvalue weighted by Crippen LogP contribution is 2.15. The molecule has 1 unspecified atom stereocenters. The van der Waals surface area contributed by atoms with Gasteiger partial charge < -0.3 is 9.80 Å². The second-order valence-corrected chi connectivity index (χ2v) is 6.97. The Labute approximate surface area is 150 Å². The number of hydrogen-bond donors (Lipinski definition) is 2. The van der Waals surface area contributed by atoms with E-state index in [0.717, 1.165) is 0 Å². The molecular formula is C15H16N4O4S2. The number of amides is 2. The molecule has 1 aromatic carbocycles. The Morgan fingerprint density at radius 3 is 2.20 bits per heavy atom. The summed E-state index contributed by atoms with van der Waals surface area (Å²) < 4.78 is 21.8. The van der Waals surface area contributed by atoms with E-state index in [0.29, 0.717) is 42.3 Å². The second-order valence-electron chi connectivity index (χ2n) is 5.38. The molecule has 3 rings (SSSR count). The minimum Gasteiger partial charge on any atom is -0.335 e. The van der Waals surface area contributed by atoms with E-state index in [-0.39, 0.29) is 11.8 Å². The SMILES string of the molecule is O=C(c1ccc(NS(=O)O)cc1)N1CCN(C(=O)c2cncs2)CC1. The average Bonchev–Trinajstić information content (AvgIpc) is 3.15. The van der Waals surface area contributed by atoms with E-state index in [1.165, 1.54) is 11.3 Å². The van der Waals surface area contributed by atoms with Crippen molar-refractivity contribution >= 4 is 40.1 Å². The molecule has 0 spiro atoms. The zero-order valence-electron chi connectivity index (χ0n) is 13.1. The van der Waals surface area contributed by atoms with Gasteiger partial charge in [0, 0.05) is 37.4 Å². The van der Waals surface area contributed by atoms with Crippen molar-refractivity contribution in [1.29, 1.82) is 0 Å². The molecular weight excluding hydrogens is 364 g/mol. The van der Waals surface area contributed by atoms with Crippen LogP contribution in [0.3, 0.4) is 0 Å². The van der Waals surface area contributed by atoms with Crippen molar-refractivity contribution in [2.75, 3.05) is 30.9 Å². The Kier molecular flexibility index (Phi) is 5.41. The number of rotatable bonds is 4. The maximum Gasteiger partial charge on any atom is 0.265 e. The minimum absolute atomic E-state index is 0.0537. The van der Waals surface area contributed by atoms with Gasteiger partial charge in [0.1, 0.15) is 4.88 Å². The van der Waals surface area contributed by atoms with Gasteiger partial charge in [-0.2, -0.15) is 0 Å². The van der Waals surface area contributed by atoms with Crippen LogP contribution in [0.1, 0.15) is 20.0 Å². The van der Waals surface area contributed by atoms with Gasteiger partial charge in [-0.25, -0.2) is 4.21 Å². The van der Waals surface area contributed by atoms with E-state index in [9.17, 15) is 13.8 Å². The van der Waals surface area contributed by atoms with E-state index in [2.05, 4.69) is 9.71 Å². The van der Waals surface area contributed by atoms with Gasteiger partial charge in [-0.3, -0.25) is 23.8 Å². The molecule has 132 valence electrons. The predicted octanol–water partition coefficient (Wildman–Crippen LogP) is 1.29. The lowest BCUT2D eigenvalue weighted by molar-refractivity contribution is 0.0538. The number of carbonyl (C=O) groups excluding carboxylic acids is 2. The van der Waals surface area contributed by atoms with Gasteiger partial charge in [0.15, 0.2) is 0 Å². The van der Waals surface area contributed by atoms with Gasteiger partial charge in [-0.1, -0.05) is 0 Å². The summed E-state index contributed by atoms with van der Waals surface area (Å²) in [5.74, 6) is -0.177. The third kappa shape index (κ3) is 4.21. The monoisotopic (exact) mass is 380 g/mol. The fourth-order valence-electron chi connectivity index (χ4n) is 2.55. The zero-order valence-corrected chi connectivity index (χ0v) is 14.8. The Morgan fingerprint density at radius 2 is 1.68 bits per heavy atom. The molecule has 0 aliphatic carbocycles. The molecule has 2 heterocycles. The molecule has 2 N–H and O–H groups in total. The van der Waals surface area contributed by atoms with Gasteiger partial charge >= 0.3 is 0 Å². The Balaban J connectivity index is 1.58. The van der Waals surface area contributed by atoms with E-state index in [1.807, 2.05) is 0 Å². The molecule has 1 aromatic heterocycles. The maximum absolute atomic E-state index is 12.5. The van der Waals surface area contributed by atoms with Crippen molar-refractivity contribution in [3.05, 3.63) is 46.4 Å². The molecule has 0 bridgehead atoms. The van der Waals surface area contributed by atoms with E-state index in [4.69, 9.17) is 4.55 Å². The highest BCUT2D eigenvalue weighted by atomic mass is 32.2. The zero-order chi connectivity index (χ0) is 17.8. The fourth-order valence-corrected chi connectivity index (χ4v) is 3.48. The summed E-state index contributed by atoms with van der Waals surface area (Å²) in [6, 6.07) is 6.36. The minimum atomic E-state index is -2.15. The topological polar surface area (TPSA) is 103 Å². The molecule has 10 heteroatoms. The van der Waals surface area contributed by atoms with E-state index < -0.39 is 11.3 Å². The van der Waals surface area contributed by atoms with Crippen LogP contribution < -0.4 is 4.72 Å². The number of piperazine rings is 1. The molecule has 1 aliphatic heterocycles. The third-order valence-corrected chi connectivity index (χ3v) is 5.01. The Hall–Kier alpha value is -2.30. The number of hydrogen-bond acceptors (Lipinski definition) is 5. The first-order valence-electron chi connectivity index (χ1n) is 7.49. The fraction of sp³-hybridized carbons (Fsp3) is 0.267. The van der Waals surface area contributed by atoms with Gasteiger partial charge in [0.25, 0.3) is 23.1 Å². The van der Waals surface area contributed by atoms with Gasteiger partial charge in [0.05, 0.1) is 11.7 Å².